The van der Waals surface area contributed by atoms with Crippen molar-refractivity contribution in [2.45, 2.75) is 39.5 Å². The molecule has 128 valence electrons. The minimum Gasteiger partial charge on any atom is -0.508 e. The van der Waals surface area contributed by atoms with Crippen LogP contribution in [0.4, 0.5) is 0 Å². The van der Waals surface area contributed by atoms with Gasteiger partial charge in [0.15, 0.2) is 0 Å². The molecule has 1 atom stereocenters. The lowest BCUT2D eigenvalue weighted by molar-refractivity contribution is -0.951. The molecule has 2 rings (SSSR count). The van der Waals surface area contributed by atoms with Crippen LogP contribution in [0.25, 0.3) is 0 Å². The molecule has 24 heavy (non-hydrogen) atoms. The summed E-state index contributed by atoms with van der Waals surface area (Å²) in [7, 11) is 0. The van der Waals surface area contributed by atoms with Crippen molar-refractivity contribution in [3.63, 3.8) is 0 Å². The van der Waals surface area contributed by atoms with Crippen LogP contribution in [-0.4, -0.2) is 28.1 Å². The summed E-state index contributed by atoms with van der Waals surface area (Å²) in [6, 6.07) is 14.8. The van der Waals surface area contributed by atoms with Gasteiger partial charge in [-0.3, -0.25) is 4.79 Å². The third-order valence-corrected chi connectivity index (χ3v) is 4.27. The van der Waals surface area contributed by atoms with Crippen LogP contribution in [0.1, 0.15) is 42.3 Å². The predicted molar refractivity (Wildman–Crippen MR) is 94.1 cm³/mol. The van der Waals surface area contributed by atoms with Crippen LogP contribution in [0.5, 0.6) is 5.75 Å². The molecule has 1 unspecified atom stereocenters. The standard InChI is InChI=1S/C20H25NO3/c1-20(2,3)21(12-15-7-5-4-6-8-15)13-19(24)16-9-10-18(23)17(11-16)14-22/h4-11,22-23H,12-14H2,1-3H3/p+1. The van der Waals surface area contributed by atoms with E-state index in [1.165, 1.54) is 11.6 Å². The predicted octanol–water partition coefficient (Wildman–Crippen LogP) is 1.95. The normalized spacial score (nSPS) is 12.8. The Morgan fingerprint density at radius 2 is 1.75 bits per heavy atom. The molecule has 0 aliphatic heterocycles. The second-order valence-corrected chi connectivity index (χ2v) is 7.12. The maximum atomic E-state index is 12.7. The molecule has 0 amide bonds. The fourth-order valence-corrected chi connectivity index (χ4v) is 2.62. The van der Waals surface area contributed by atoms with Gasteiger partial charge < -0.3 is 15.1 Å². The van der Waals surface area contributed by atoms with Crippen LogP contribution >= 0.6 is 0 Å². The van der Waals surface area contributed by atoms with E-state index in [0.717, 1.165) is 11.4 Å². The number of phenols is 1. The number of carbonyl (C=O) groups excluding carboxylic acids is 1. The summed E-state index contributed by atoms with van der Waals surface area (Å²) in [5.41, 5.74) is 2.01. The highest BCUT2D eigenvalue weighted by Crippen LogP contribution is 2.18. The monoisotopic (exact) mass is 328 g/mol. The lowest BCUT2D eigenvalue weighted by Gasteiger charge is -2.32. The Kier molecular flexibility index (Phi) is 5.75. The second-order valence-electron chi connectivity index (χ2n) is 7.12. The highest BCUT2D eigenvalue weighted by atomic mass is 16.3. The SMILES string of the molecule is CC(C)(C)[NH+](CC(=O)c1ccc(O)c(CO)c1)Cc1ccccc1. The Bertz CT molecular complexity index is 690. The molecule has 0 bridgehead atoms. The van der Waals surface area contributed by atoms with Crippen molar-refractivity contribution in [1.29, 1.82) is 0 Å². The summed E-state index contributed by atoms with van der Waals surface area (Å²) in [4.78, 5) is 13.9. The number of aromatic hydroxyl groups is 1. The van der Waals surface area contributed by atoms with Gasteiger partial charge in [0.2, 0.25) is 5.78 Å². The molecular formula is C20H26NO3+. The maximum Gasteiger partial charge on any atom is 0.216 e. The van der Waals surface area contributed by atoms with Crippen LogP contribution in [0, 0.1) is 0 Å². The van der Waals surface area contributed by atoms with E-state index in [-0.39, 0.29) is 23.7 Å². The number of ketones is 1. The number of rotatable bonds is 6. The first-order chi connectivity index (χ1) is 11.3. The van der Waals surface area contributed by atoms with E-state index in [2.05, 4.69) is 32.9 Å². The van der Waals surface area contributed by atoms with E-state index in [4.69, 9.17) is 0 Å². The molecule has 0 saturated heterocycles. The van der Waals surface area contributed by atoms with E-state index in [1.807, 2.05) is 18.2 Å². The van der Waals surface area contributed by atoms with E-state index >= 15 is 0 Å². The lowest BCUT2D eigenvalue weighted by atomic mass is 10.0. The molecule has 0 radical (unpaired) electrons. The molecule has 4 nitrogen and oxygen atoms in total. The van der Waals surface area contributed by atoms with Gasteiger partial charge in [-0.15, -0.1) is 0 Å². The summed E-state index contributed by atoms with van der Waals surface area (Å²) in [5.74, 6) is 0.0175. The Labute approximate surface area is 143 Å². The summed E-state index contributed by atoms with van der Waals surface area (Å²) in [6.07, 6.45) is 0. The van der Waals surface area contributed by atoms with Crippen LogP contribution < -0.4 is 4.90 Å². The molecule has 0 aliphatic carbocycles. The van der Waals surface area contributed by atoms with Crippen molar-refractivity contribution in [2.24, 2.45) is 0 Å². The lowest BCUT2D eigenvalue weighted by Crippen LogP contribution is -3.18. The van der Waals surface area contributed by atoms with Gasteiger partial charge in [-0.25, -0.2) is 0 Å². The third-order valence-electron chi connectivity index (χ3n) is 4.27. The van der Waals surface area contributed by atoms with Crippen molar-refractivity contribution < 1.29 is 19.9 Å². The van der Waals surface area contributed by atoms with Gasteiger partial charge in [-0.2, -0.15) is 0 Å². The van der Waals surface area contributed by atoms with Crippen molar-refractivity contribution in [3.8, 4) is 5.75 Å². The van der Waals surface area contributed by atoms with Crippen molar-refractivity contribution in [3.05, 3.63) is 65.2 Å². The number of Topliss-reactive ketones (excluding diaryl/α,β-unsaturated/α-hetero) is 1. The van der Waals surface area contributed by atoms with Gasteiger partial charge in [0.25, 0.3) is 0 Å². The fourth-order valence-electron chi connectivity index (χ4n) is 2.62. The number of carbonyl (C=O) groups is 1. The Balaban J connectivity index is 2.18. The number of aliphatic hydroxyl groups excluding tert-OH is 1. The highest BCUT2D eigenvalue weighted by Gasteiger charge is 2.28. The zero-order chi connectivity index (χ0) is 17.7. The summed E-state index contributed by atoms with van der Waals surface area (Å²) in [6.45, 7) is 7.19. The number of hydrogen-bond donors (Lipinski definition) is 3. The second kappa shape index (κ2) is 7.60. The van der Waals surface area contributed by atoms with Gasteiger partial charge in [-0.1, -0.05) is 30.3 Å². The fraction of sp³-hybridized carbons (Fsp3) is 0.350. The topological polar surface area (TPSA) is 62.0 Å². The largest absolute Gasteiger partial charge is 0.508 e. The number of quaternary nitrogens is 1. The number of nitrogens with one attached hydrogen (secondary N) is 1. The van der Waals surface area contributed by atoms with Crippen molar-refractivity contribution >= 4 is 5.78 Å². The molecule has 3 N–H and O–H groups in total. The molecule has 0 saturated carbocycles. The summed E-state index contributed by atoms with van der Waals surface area (Å²) < 4.78 is 0. The highest BCUT2D eigenvalue weighted by molar-refractivity contribution is 5.97. The molecule has 2 aromatic rings. The zero-order valence-corrected chi connectivity index (χ0v) is 14.5. The van der Waals surface area contributed by atoms with Crippen molar-refractivity contribution in [2.75, 3.05) is 6.54 Å². The van der Waals surface area contributed by atoms with Gasteiger partial charge >= 0.3 is 0 Å². The Hall–Kier alpha value is -2.17. The number of hydrogen-bond acceptors (Lipinski definition) is 3. The molecule has 0 aliphatic rings. The van der Waals surface area contributed by atoms with E-state index in [1.54, 1.807) is 12.1 Å². The van der Waals surface area contributed by atoms with Gasteiger partial charge in [0.1, 0.15) is 18.8 Å². The van der Waals surface area contributed by atoms with E-state index in [0.29, 0.717) is 17.7 Å². The van der Waals surface area contributed by atoms with Crippen LogP contribution in [0.15, 0.2) is 48.5 Å². The van der Waals surface area contributed by atoms with Gasteiger partial charge in [-0.05, 0) is 39.0 Å². The average Bonchev–Trinajstić information content (AvgIpc) is 2.54. The molecule has 0 aromatic heterocycles. The van der Waals surface area contributed by atoms with Gasteiger partial charge in [0, 0.05) is 16.7 Å². The van der Waals surface area contributed by atoms with Crippen LogP contribution in [0.3, 0.4) is 0 Å². The first-order valence-corrected chi connectivity index (χ1v) is 8.16. The minimum absolute atomic E-state index is 0.00514. The molecule has 2 aromatic carbocycles. The smallest absolute Gasteiger partial charge is 0.216 e. The van der Waals surface area contributed by atoms with Crippen LogP contribution in [-0.2, 0) is 13.2 Å². The van der Waals surface area contributed by atoms with Crippen molar-refractivity contribution in [1.82, 2.24) is 0 Å². The average molecular weight is 328 g/mol. The third kappa shape index (κ3) is 4.66. The molecule has 0 heterocycles. The quantitative estimate of drug-likeness (QED) is 0.710. The Morgan fingerprint density at radius 1 is 1.08 bits per heavy atom. The van der Waals surface area contributed by atoms with Crippen LogP contribution in [0.2, 0.25) is 0 Å². The minimum atomic E-state index is -0.285. The zero-order valence-electron chi connectivity index (χ0n) is 14.5. The van der Waals surface area contributed by atoms with Gasteiger partial charge in [0.05, 0.1) is 12.1 Å². The molecule has 4 heteroatoms. The molecule has 0 spiro atoms. The maximum absolute atomic E-state index is 12.7. The number of aliphatic hydroxyl groups is 1. The Morgan fingerprint density at radius 3 is 2.33 bits per heavy atom. The number of benzene rings is 2. The summed E-state index contributed by atoms with van der Waals surface area (Å²) >= 11 is 0. The molecule has 0 fully saturated rings. The first-order valence-electron chi connectivity index (χ1n) is 8.16. The summed E-state index contributed by atoms with van der Waals surface area (Å²) in [5, 5.41) is 18.9. The molecular weight excluding hydrogens is 302 g/mol. The van der Waals surface area contributed by atoms with E-state index < -0.39 is 0 Å². The first kappa shape index (κ1) is 18.2. The van der Waals surface area contributed by atoms with E-state index in [9.17, 15) is 15.0 Å².